The van der Waals surface area contributed by atoms with Crippen LogP contribution in [0.4, 0.5) is 17.1 Å². The van der Waals surface area contributed by atoms with E-state index in [0.29, 0.717) is 23.6 Å². The summed E-state index contributed by atoms with van der Waals surface area (Å²) in [6.07, 6.45) is 3.84. The minimum Gasteiger partial charge on any atom is -0.492 e. The van der Waals surface area contributed by atoms with Crippen molar-refractivity contribution in [3.63, 3.8) is 0 Å². The Morgan fingerprint density at radius 3 is 2.36 bits per heavy atom. The van der Waals surface area contributed by atoms with Crippen LogP contribution in [0.1, 0.15) is 64.4 Å². The number of nitrogens with one attached hydrogen (secondary N) is 1. The molecule has 3 aromatic rings. The van der Waals surface area contributed by atoms with Gasteiger partial charge in [-0.1, -0.05) is 37.1 Å². The van der Waals surface area contributed by atoms with Gasteiger partial charge in [-0.15, -0.1) is 0 Å². The SMILES string of the molecule is CCOc1ccccc1N(C(=O)c1snc(C(N)=O)c1N)[C@H](C(=O)NC1CCCC1)c1ccc(N(C)C)cc1. The van der Waals surface area contributed by atoms with Crippen molar-refractivity contribution in [1.29, 1.82) is 0 Å². The van der Waals surface area contributed by atoms with Crippen molar-refractivity contribution in [2.45, 2.75) is 44.7 Å². The van der Waals surface area contributed by atoms with E-state index in [2.05, 4.69) is 9.69 Å². The van der Waals surface area contributed by atoms with Gasteiger partial charge in [-0.3, -0.25) is 19.3 Å². The largest absolute Gasteiger partial charge is 0.492 e. The normalized spacial score (nSPS) is 14.0. The van der Waals surface area contributed by atoms with Crippen LogP contribution in [-0.4, -0.2) is 48.8 Å². The van der Waals surface area contributed by atoms with E-state index in [9.17, 15) is 14.4 Å². The lowest BCUT2D eigenvalue weighted by molar-refractivity contribution is -0.123. The first-order chi connectivity index (χ1) is 18.7. The zero-order valence-corrected chi connectivity index (χ0v) is 23.2. The molecule has 1 aromatic heterocycles. The predicted octanol–water partition coefficient (Wildman–Crippen LogP) is 3.74. The molecule has 0 aliphatic heterocycles. The van der Waals surface area contributed by atoms with Crippen LogP contribution in [0.25, 0.3) is 0 Å². The maximum Gasteiger partial charge on any atom is 0.273 e. The lowest BCUT2D eigenvalue weighted by Gasteiger charge is -2.33. The van der Waals surface area contributed by atoms with Gasteiger partial charge in [0, 0.05) is 25.8 Å². The Labute approximate surface area is 232 Å². The van der Waals surface area contributed by atoms with Gasteiger partial charge < -0.3 is 26.4 Å². The van der Waals surface area contributed by atoms with Gasteiger partial charge in [0.2, 0.25) is 5.91 Å². The summed E-state index contributed by atoms with van der Waals surface area (Å²) in [5, 5.41) is 3.16. The van der Waals surface area contributed by atoms with Crippen LogP contribution >= 0.6 is 11.5 Å². The molecule has 5 N–H and O–H groups in total. The van der Waals surface area contributed by atoms with E-state index >= 15 is 0 Å². The smallest absolute Gasteiger partial charge is 0.273 e. The summed E-state index contributed by atoms with van der Waals surface area (Å²) < 4.78 is 9.90. The summed E-state index contributed by atoms with van der Waals surface area (Å²) >= 11 is 0.772. The number of nitrogens with two attached hydrogens (primary N) is 2. The number of amides is 3. The highest BCUT2D eigenvalue weighted by Crippen LogP contribution is 2.38. The molecule has 10 nitrogen and oxygen atoms in total. The third kappa shape index (κ3) is 5.98. The number of carbonyl (C=O) groups is 3. The van der Waals surface area contributed by atoms with Crippen LogP contribution in [0.2, 0.25) is 0 Å². The highest BCUT2D eigenvalue weighted by atomic mass is 32.1. The Kier molecular flexibility index (Phi) is 8.70. The van der Waals surface area contributed by atoms with Crippen LogP contribution in [0, 0.1) is 0 Å². The highest BCUT2D eigenvalue weighted by molar-refractivity contribution is 7.09. The van der Waals surface area contributed by atoms with Gasteiger partial charge in [0.25, 0.3) is 11.8 Å². The van der Waals surface area contributed by atoms with Gasteiger partial charge in [0.1, 0.15) is 16.7 Å². The number of carbonyl (C=O) groups excluding carboxylic acids is 3. The topological polar surface area (TPSA) is 144 Å². The molecule has 0 radical (unpaired) electrons. The molecule has 0 spiro atoms. The Morgan fingerprint density at radius 2 is 1.77 bits per heavy atom. The van der Waals surface area contributed by atoms with Crippen molar-refractivity contribution in [2.24, 2.45) is 5.73 Å². The molecule has 4 rings (SSSR count). The fourth-order valence-electron chi connectivity index (χ4n) is 4.76. The van der Waals surface area contributed by atoms with Gasteiger partial charge in [0.15, 0.2) is 5.69 Å². The molecule has 206 valence electrons. The fourth-order valence-corrected chi connectivity index (χ4v) is 5.50. The van der Waals surface area contributed by atoms with Gasteiger partial charge in [-0.2, -0.15) is 4.37 Å². The summed E-state index contributed by atoms with van der Waals surface area (Å²) in [5.41, 5.74) is 13.2. The summed E-state index contributed by atoms with van der Waals surface area (Å²) in [7, 11) is 3.85. The van der Waals surface area contributed by atoms with E-state index in [1.807, 2.05) is 50.2 Å². The average Bonchev–Trinajstić information content (AvgIpc) is 3.57. The number of nitrogen functional groups attached to an aromatic ring is 1. The number of benzene rings is 2. The summed E-state index contributed by atoms with van der Waals surface area (Å²) in [4.78, 5) is 43.6. The maximum absolute atomic E-state index is 14.3. The van der Waals surface area contributed by atoms with E-state index in [4.69, 9.17) is 16.2 Å². The van der Waals surface area contributed by atoms with Crippen LogP contribution in [-0.2, 0) is 4.79 Å². The van der Waals surface area contributed by atoms with Gasteiger partial charge in [0.05, 0.1) is 18.0 Å². The number of anilines is 3. The number of para-hydroxylation sites is 2. The first-order valence-electron chi connectivity index (χ1n) is 12.9. The molecular weight excluding hydrogens is 516 g/mol. The van der Waals surface area contributed by atoms with Crippen LogP contribution in [0.3, 0.4) is 0 Å². The second kappa shape index (κ2) is 12.2. The number of nitrogens with zero attached hydrogens (tertiary/aromatic N) is 3. The van der Waals surface area contributed by atoms with Crippen molar-refractivity contribution in [2.75, 3.05) is 36.2 Å². The number of primary amides is 1. The highest BCUT2D eigenvalue weighted by Gasteiger charge is 2.38. The number of aromatic nitrogens is 1. The maximum atomic E-state index is 14.3. The number of rotatable bonds is 10. The third-order valence-corrected chi connectivity index (χ3v) is 7.58. The van der Waals surface area contributed by atoms with Crippen LogP contribution < -0.4 is 31.3 Å². The molecule has 0 unspecified atom stereocenters. The quantitative estimate of drug-likeness (QED) is 0.349. The first-order valence-corrected chi connectivity index (χ1v) is 13.7. The Bertz CT molecular complexity index is 1330. The molecule has 11 heteroatoms. The van der Waals surface area contributed by atoms with Gasteiger partial charge in [-0.05, 0) is 61.1 Å². The molecule has 1 aliphatic rings. The molecule has 0 bridgehead atoms. The van der Waals surface area contributed by atoms with E-state index < -0.39 is 17.9 Å². The second-order valence-corrected chi connectivity index (χ2v) is 10.4. The molecule has 2 aromatic carbocycles. The van der Waals surface area contributed by atoms with Crippen molar-refractivity contribution in [3.05, 3.63) is 64.7 Å². The summed E-state index contributed by atoms with van der Waals surface area (Å²) in [6, 6.07) is 13.5. The minimum atomic E-state index is -1.06. The minimum absolute atomic E-state index is 0.0127. The van der Waals surface area contributed by atoms with Crippen molar-refractivity contribution in [1.82, 2.24) is 9.69 Å². The molecule has 3 amide bonds. The standard InChI is InChI=1S/C28H34N6O4S/c1-4-38-21-12-8-7-11-20(21)34(28(37)25-22(29)23(26(30)35)32-39-25)24(27(36)31-18-9-5-6-10-18)17-13-15-19(16-14-17)33(2)3/h7-8,11-16,18,24H,4-6,9-10,29H2,1-3H3,(H2,30,35)(H,31,36)/t24-/m0/s1. The molecule has 1 saturated carbocycles. The van der Waals surface area contributed by atoms with E-state index in [1.54, 1.807) is 24.3 Å². The third-order valence-electron chi connectivity index (χ3n) is 6.73. The number of hydrogen-bond acceptors (Lipinski definition) is 8. The van der Waals surface area contributed by atoms with E-state index in [1.165, 1.54) is 4.90 Å². The Balaban J connectivity index is 1.90. The van der Waals surface area contributed by atoms with E-state index in [0.717, 1.165) is 42.9 Å². The zero-order valence-electron chi connectivity index (χ0n) is 22.3. The Hall–Kier alpha value is -4.12. The lowest BCUT2D eigenvalue weighted by Crippen LogP contribution is -2.46. The Morgan fingerprint density at radius 1 is 1.10 bits per heavy atom. The van der Waals surface area contributed by atoms with Crippen molar-refractivity contribution in [3.8, 4) is 5.75 Å². The zero-order chi connectivity index (χ0) is 28.1. The second-order valence-electron chi connectivity index (χ2n) is 9.59. The van der Waals surface area contributed by atoms with Crippen LogP contribution in [0.15, 0.2) is 48.5 Å². The van der Waals surface area contributed by atoms with Gasteiger partial charge in [-0.25, -0.2) is 0 Å². The molecule has 0 saturated heterocycles. The fraction of sp³-hybridized carbons (Fsp3) is 0.357. The first kappa shape index (κ1) is 27.9. The van der Waals surface area contributed by atoms with E-state index in [-0.39, 0.29) is 28.2 Å². The molecule has 39 heavy (non-hydrogen) atoms. The molecule has 1 fully saturated rings. The van der Waals surface area contributed by atoms with Crippen molar-refractivity contribution >= 4 is 46.3 Å². The predicted molar refractivity (Wildman–Crippen MR) is 153 cm³/mol. The molecule has 1 atom stereocenters. The molecular formula is C28H34N6O4S. The monoisotopic (exact) mass is 550 g/mol. The lowest BCUT2D eigenvalue weighted by atomic mass is 10.0. The summed E-state index contributed by atoms with van der Waals surface area (Å²) in [5.74, 6) is -1.32. The van der Waals surface area contributed by atoms with Crippen LogP contribution in [0.5, 0.6) is 5.75 Å². The molecule has 1 heterocycles. The molecule has 1 aliphatic carbocycles. The number of hydrogen-bond donors (Lipinski definition) is 3. The van der Waals surface area contributed by atoms with Crippen molar-refractivity contribution < 1.29 is 19.1 Å². The van der Waals surface area contributed by atoms with Gasteiger partial charge >= 0.3 is 0 Å². The average molecular weight is 551 g/mol. The number of ether oxygens (including phenoxy) is 1. The summed E-state index contributed by atoms with van der Waals surface area (Å²) in [6.45, 7) is 2.19.